The predicted octanol–water partition coefficient (Wildman–Crippen LogP) is 2.67. The van der Waals surface area contributed by atoms with Crippen molar-refractivity contribution in [1.82, 2.24) is 18.9 Å². The fraction of sp³-hybridized carbons (Fsp3) is 0.333. The highest BCUT2D eigenvalue weighted by Gasteiger charge is 2.29. The fourth-order valence-electron chi connectivity index (χ4n) is 3.56. The number of carbonyl (C=O) groups is 1. The minimum Gasteiger partial charge on any atom is -0.348 e. The van der Waals surface area contributed by atoms with Crippen LogP contribution in [0.1, 0.15) is 30.8 Å². The van der Waals surface area contributed by atoms with E-state index in [-0.39, 0.29) is 11.9 Å². The summed E-state index contributed by atoms with van der Waals surface area (Å²) in [7, 11) is 0. The Balaban J connectivity index is 1.60. The topological polar surface area (TPSA) is 42.5 Å². The minimum absolute atomic E-state index is 0.172. The van der Waals surface area contributed by atoms with Gasteiger partial charge in [0.15, 0.2) is 0 Å². The number of fused-ring (bicyclic) bond motifs is 2. The van der Waals surface area contributed by atoms with Crippen molar-refractivity contribution in [3.63, 3.8) is 0 Å². The van der Waals surface area contributed by atoms with Gasteiger partial charge in [0, 0.05) is 37.4 Å². The second-order valence-electron chi connectivity index (χ2n) is 5.99. The lowest BCUT2D eigenvalue weighted by molar-refractivity contribution is -0.134. The van der Waals surface area contributed by atoms with Crippen molar-refractivity contribution in [2.24, 2.45) is 0 Å². The third-order valence-corrected chi connectivity index (χ3v) is 4.70. The van der Waals surface area contributed by atoms with E-state index in [1.807, 2.05) is 33.7 Å². The second kappa shape index (κ2) is 5.57. The van der Waals surface area contributed by atoms with Crippen LogP contribution in [0.25, 0.3) is 5.65 Å². The third-order valence-electron chi connectivity index (χ3n) is 4.70. The van der Waals surface area contributed by atoms with Gasteiger partial charge in [-0.15, -0.1) is 0 Å². The first-order valence-electron chi connectivity index (χ1n) is 8.13. The number of imidazole rings is 1. The molecule has 0 fully saturated rings. The standard InChI is InChI=1S/C18H20N4O/c1-2-15-16-6-5-8-20(16)10-11-22(15)18(23)12-14-13-19-17-7-3-4-9-21(14)17/h3-9,13,15H,2,10-12H2,1H3/t15-/m1/s1. The van der Waals surface area contributed by atoms with E-state index in [1.165, 1.54) is 5.69 Å². The summed E-state index contributed by atoms with van der Waals surface area (Å²) in [5, 5.41) is 0. The van der Waals surface area contributed by atoms with E-state index in [1.54, 1.807) is 6.20 Å². The number of carbonyl (C=O) groups excluding carboxylic acids is 1. The summed E-state index contributed by atoms with van der Waals surface area (Å²) >= 11 is 0. The van der Waals surface area contributed by atoms with Crippen LogP contribution in [-0.2, 0) is 17.8 Å². The molecular weight excluding hydrogens is 288 g/mol. The Morgan fingerprint density at radius 3 is 3.00 bits per heavy atom. The molecule has 0 bridgehead atoms. The molecule has 0 aliphatic carbocycles. The SMILES string of the molecule is CC[C@@H]1c2cccn2CCN1C(=O)Cc1cnc2ccccn12. The van der Waals surface area contributed by atoms with E-state index < -0.39 is 0 Å². The molecule has 0 radical (unpaired) electrons. The van der Waals surface area contributed by atoms with E-state index in [2.05, 4.69) is 34.8 Å². The van der Waals surface area contributed by atoms with Crippen molar-refractivity contribution in [1.29, 1.82) is 0 Å². The maximum atomic E-state index is 12.9. The van der Waals surface area contributed by atoms with Gasteiger partial charge in [0.25, 0.3) is 0 Å². The van der Waals surface area contributed by atoms with Crippen LogP contribution in [0.5, 0.6) is 0 Å². The molecule has 3 aromatic rings. The Morgan fingerprint density at radius 1 is 1.22 bits per heavy atom. The number of aromatic nitrogens is 3. The molecule has 0 saturated carbocycles. The van der Waals surface area contributed by atoms with Crippen molar-refractivity contribution in [3.8, 4) is 0 Å². The highest BCUT2D eigenvalue weighted by molar-refractivity contribution is 5.79. The minimum atomic E-state index is 0.172. The molecule has 1 aliphatic heterocycles. The molecule has 0 saturated heterocycles. The molecule has 0 N–H and O–H groups in total. The molecule has 1 atom stereocenters. The maximum Gasteiger partial charge on any atom is 0.229 e. The van der Waals surface area contributed by atoms with E-state index >= 15 is 0 Å². The molecule has 1 amide bonds. The molecule has 3 aromatic heterocycles. The molecule has 4 rings (SSSR count). The normalized spacial score (nSPS) is 17.4. The Labute approximate surface area is 135 Å². The molecule has 118 valence electrons. The lowest BCUT2D eigenvalue weighted by Gasteiger charge is -2.36. The summed E-state index contributed by atoms with van der Waals surface area (Å²) in [6.45, 7) is 3.79. The van der Waals surface area contributed by atoms with Crippen LogP contribution in [0.15, 0.2) is 48.9 Å². The van der Waals surface area contributed by atoms with Gasteiger partial charge in [0.05, 0.1) is 18.2 Å². The molecule has 0 aromatic carbocycles. The summed E-state index contributed by atoms with van der Waals surface area (Å²) in [5.74, 6) is 0.176. The summed E-state index contributed by atoms with van der Waals surface area (Å²) in [4.78, 5) is 19.3. The number of nitrogens with zero attached hydrogens (tertiary/aromatic N) is 4. The monoisotopic (exact) mass is 308 g/mol. The molecule has 1 aliphatic rings. The zero-order valence-electron chi connectivity index (χ0n) is 13.2. The number of rotatable bonds is 3. The molecule has 0 unspecified atom stereocenters. The largest absolute Gasteiger partial charge is 0.348 e. The van der Waals surface area contributed by atoms with E-state index in [9.17, 15) is 4.79 Å². The van der Waals surface area contributed by atoms with Gasteiger partial charge in [-0.2, -0.15) is 0 Å². The number of hydrogen-bond acceptors (Lipinski definition) is 2. The van der Waals surface area contributed by atoms with Crippen molar-refractivity contribution >= 4 is 11.6 Å². The number of pyridine rings is 1. The lowest BCUT2D eigenvalue weighted by atomic mass is 10.1. The highest BCUT2D eigenvalue weighted by Crippen LogP contribution is 2.29. The van der Waals surface area contributed by atoms with E-state index in [0.717, 1.165) is 30.9 Å². The van der Waals surface area contributed by atoms with Crippen LogP contribution in [-0.4, -0.2) is 31.3 Å². The summed E-state index contributed by atoms with van der Waals surface area (Å²) < 4.78 is 4.25. The van der Waals surface area contributed by atoms with E-state index in [4.69, 9.17) is 0 Å². The number of amides is 1. The average Bonchev–Trinajstić information content (AvgIpc) is 3.21. The van der Waals surface area contributed by atoms with Gasteiger partial charge >= 0.3 is 0 Å². The van der Waals surface area contributed by atoms with Gasteiger partial charge in [0.1, 0.15) is 5.65 Å². The molecule has 5 heteroatoms. The first kappa shape index (κ1) is 14.1. The van der Waals surface area contributed by atoms with Crippen LogP contribution in [0.3, 0.4) is 0 Å². The van der Waals surface area contributed by atoms with Gasteiger partial charge in [-0.05, 0) is 30.7 Å². The fourth-order valence-corrected chi connectivity index (χ4v) is 3.56. The van der Waals surface area contributed by atoms with Gasteiger partial charge in [-0.1, -0.05) is 13.0 Å². The summed E-state index contributed by atoms with van der Waals surface area (Å²) in [5.41, 5.74) is 3.07. The first-order chi connectivity index (χ1) is 11.3. The van der Waals surface area contributed by atoms with Gasteiger partial charge in [-0.25, -0.2) is 4.98 Å². The smallest absolute Gasteiger partial charge is 0.229 e. The van der Waals surface area contributed by atoms with Crippen LogP contribution in [0.2, 0.25) is 0 Å². The third kappa shape index (κ3) is 2.32. The van der Waals surface area contributed by atoms with Gasteiger partial charge < -0.3 is 13.9 Å². The van der Waals surface area contributed by atoms with Crippen LogP contribution >= 0.6 is 0 Å². The zero-order valence-corrected chi connectivity index (χ0v) is 13.2. The Morgan fingerprint density at radius 2 is 2.13 bits per heavy atom. The average molecular weight is 308 g/mol. The van der Waals surface area contributed by atoms with Crippen molar-refractivity contribution < 1.29 is 4.79 Å². The van der Waals surface area contributed by atoms with Crippen LogP contribution in [0.4, 0.5) is 0 Å². The first-order valence-corrected chi connectivity index (χ1v) is 8.13. The van der Waals surface area contributed by atoms with Crippen molar-refractivity contribution in [3.05, 3.63) is 60.3 Å². The molecule has 23 heavy (non-hydrogen) atoms. The lowest BCUT2D eigenvalue weighted by Crippen LogP contribution is -2.42. The number of hydrogen-bond donors (Lipinski definition) is 0. The van der Waals surface area contributed by atoms with Gasteiger partial charge in [-0.3, -0.25) is 4.79 Å². The second-order valence-corrected chi connectivity index (χ2v) is 5.99. The van der Waals surface area contributed by atoms with Crippen molar-refractivity contribution in [2.75, 3.05) is 6.54 Å². The predicted molar refractivity (Wildman–Crippen MR) is 88.1 cm³/mol. The molecule has 4 heterocycles. The van der Waals surface area contributed by atoms with E-state index in [0.29, 0.717) is 6.42 Å². The molecule has 0 spiro atoms. The Kier molecular flexibility index (Phi) is 3.41. The molecule has 5 nitrogen and oxygen atoms in total. The van der Waals surface area contributed by atoms with Gasteiger partial charge in [0.2, 0.25) is 5.91 Å². The molecular formula is C18H20N4O. The Hall–Kier alpha value is -2.56. The van der Waals surface area contributed by atoms with Crippen LogP contribution in [0, 0.1) is 0 Å². The van der Waals surface area contributed by atoms with Crippen molar-refractivity contribution in [2.45, 2.75) is 32.4 Å². The highest BCUT2D eigenvalue weighted by atomic mass is 16.2. The quantitative estimate of drug-likeness (QED) is 0.746. The van der Waals surface area contributed by atoms with Crippen LogP contribution < -0.4 is 0 Å². The Bertz CT molecular complexity index is 847. The summed E-state index contributed by atoms with van der Waals surface area (Å²) in [6, 6.07) is 10.2. The summed E-state index contributed by atoms with van der Waals surface area (Å²) in [6.07, 6.45) is 7.19. The zero-order chi connectivity index (χ0) is 15.8. The maximum absolute atomic E-state index is 12.9.